The number of carbonyl (C=O) groups excluding carboxylic acids is 2. The fourth-order valence-corrected chi connectivity index (χ4v) is 5.50. The summed E-state index contributed by atoms with van der Waals surface area (Å²) in [7, 11) is 1.61. The zero-order valence-corrected chi connectivity index (χ0v) is 21.3. The number of ketones is 1. The predicted octanol–water partition coefficient (Wildman–Crippen LogP) is 5.84. The molecule has 1 aliphatic heterocycles. The molecular formula is C32H30FNO4. The van der Waals surface area contributed by atoms with E-state index in [0.717, 1.165) is 22.6 Å². The van der Waals surface area contributed by atoms with Crippen molar-refractivity contribution in [2.24, 2.45) is 5.92 Å². The van der Waals surface area contributed by atoms with E-state index in [9.17, 15) is 14.0 Å². The largest absolute Gasteiger partial charge is 0.497 e. The van der Waals surface area contributed by atoms with E-state index in [-0.39, 0.29) is 18.3 Å². The molecule has 1 aliphatic carbocycles. The minimum Gasteiger partial charge on any atom is -0.497 e. The number of ether oxygens (including phenoxy) is 2. The average Bonchev–Trinajstić information content (AvgIpc) is 2.92. The second kappa shape index (κ2) is 11.1. The summed E-state index contributed by atoms with van der Waals surface area (Å²) in [6.07, 6.45) is 1.44. The number of methoxy groups -OCH3 is 1. The van der Waals surface area contributed by atoms with Crippen molar-refractivity contribution < 1.29 is 23.5 Å². The number of hydrogen-bond acceptors (Lipinski definition) is 5. The van der Waals surface area contributed by atoms with Gasteiger partial charge in [-0.2, -0.15) is 0 Å². The van der Waals surface area contributed by atoms with Gasteiger partial charge < -0.3 is 14.8 Å². The smallest absolute Gasteiger partial charge is 0.315 e. The summed E-state index contributed by atoms with van der Waals surface area (Å²) < 4.78 is 25.3. The van der Waals surface area contributed by atoms with Gasteiger partial charge in [0.15, 0.2) is 5.78 Å². The first kappa shape index (κ1) is 25.5. The maximum Gasteiger partial charge on any atom is 0.315 e. The van der Waals surface area contributed by atoms with E-state index in [2.05, 4.69) is 11.9 Å². The summed E-state index contributed by atoms with van der Waals surface area (Å²) in [5.41, 5.74) is 4.34. The van der Waals surface area contributed by atoms with Crippen LogP contribution in [0.25, 0.3) is 0 Å². The second-order valence-corrected chi connectivity index (χ2v) is 9.76. The number of hydrogen-bond donors (Lipinski definition) is 1. The van der Waals surface area contributed by atoms with Crippen molar-refractivity contribution in [3.63, 3.8) is 0 Å². The van der Waals surface area contributed by atoms with E-state index in [1.54, 1.807) is 19.2 Å². The summed E-state index contributed by atoms with van der Waals surface area (Å²) in [5.74, 6) is -1.79. The van der Waals surface area contributed by atoms with Gasteiger partial charge in [-0.15, -0.1) is 0 Å². The van der Waals surface area contributed by atoms with Crippen molar-refractivity contribution in [2.45, 2.75) is 31.1 Å². The molecule has 3 aromatic carbocycles. The van der Waals surface area contributed by atoms with Crippen LogP contribution >= 0.6 is 0 Å². The van der Waals surface area contributed by atoms with Gasteiger partial charge in [0.1, 0.15) is 17.5 Å². The number of benzene rings is 3. The zero-order chi connectivity index (χ0) is 26.6. The van der Waals surface area contributed by atoms with Crippen molar-refractivity contribution >= 4 is 11.8 Å². The van der Waals surface area contributed by atoms with Gasteiger partial charge in [0.25, 0.3) is 0 Å². The van der Waals surface area contributed by atoms with Crippen molar-refractivity contribution in [1.29, 1.82) is 0 Å². The van der Waals surface area contributed by atoms with Crippen LogP contribution in [-0.4, -0.2) is 25.5 Å². The summed E-state index contributed by atoms with van der Waals surface area (Å²) in [4.78, 5) is 27.1. The van der Waals surface area contributed by atoms with Crippen LogP contribution in [0, 0.1) is 11.7 Å². The molecule has 0 aromatic heterocycles. The SMILES string of the molecule is C=C1NC2=C(C(=O)CC(c3ccc(OC)cc3)C2)C(c2cccc(F)c2)C1C(=O)OCCc1ccccc1. The van der Waals surface area contributed by atoms with Gasteiger partial charge in [0.2, 0.25) is 0 Å². The molecule has 0 fully saturated rings. The number of allylic oxidation sites excluding steroid dienone is 2. The molecule has 5 nitrogen and oxygen atoms in total. The molecule has 3 atom stereocenters. The first-order valence-electron chi connectivity index (χ1n) is 12.8. The van der Waals surface area contributed by atoms with Gasteiger partial charge in [-0.3, -0.25) is 9.59 Å². The van der Waals surface area contributed by atoms with Crippen LogP contribution in [0.5, 0.6) is 5.75 Å². The molecule has 0 bridgehead atoms. The normalized spacial score (nSPS) is 20.9. The predicted molar refractivity (Wildman–Crippen MR) is 143 cm³/mol. The van der Waals surface area contributed by atoms with Crippen LogP contribution < -0.4 is 10.1 Å². The Bertz CT molecular complexity index is 1380. The third-order valence-electron chi connectivity index (χ3n) is 7.37. The fraction of sp³-hybridized carbons (Fsp3) is 0.250. The highest BCUT2D eigenvalue weighted by Crippen LogP contribution is 2.47. The van der Waals surface area contributed by atoms with E-state index >= 15 is 0 Å². The van der Waals surface area contributed by atoms with Crippen molar-refractivity contribution in [2.75, 3.05) is 13.7 Å². The molecule has 0 radical (unpaired) electrons. The molecule has 0 saturated heterocycles. The summed E-state index contributed by atoms with van der Waals surface area (Å²) in [6.45, 7) is 4.35. The Morgan fingerprint density at radius 3 is 2.47 bits per heavy atom. The first-order valence-corrected chi connectivity index (χ1v) is 12.8. The number of rotatable bonds is 7. The van der Waals surface area contributed by atoms with Gasteiger partial charge in [0.05, 0.1) is 13.7 Å². The van der Waals surface area contributed by atoms with Crippen LogP contribution in [0.1, 0.15) is 41.4 Å². The Kier molecular flexibility index (Phi) is 7.40. The number of halogens is 1. The lowest BCUT2D eigenvalue weighted by Gasteiger charge is -2.40. The molecule has 194 valence electrons. The molecule has 2 aliphatic rings. The van der Waals surface area contributed by atoms with Crippen LogP contribution in [0.15, 0.2) is 102 Å². The van der Waals surface area contributed by atoms with E-state index in [4.69, 9.17) is 9.47 Å². The summed E-state index contributed by atoms with van der Waals surface area (Å²) in [6, 6.07) is 23.6. The molecule has 0 amide bonds. The highest BCUT2D eigenvalue weighted by molar-refractivity contribution is 6.01. The Morgan fingerprint density at radius 1 is 1.00 bits per heavy atom. The third-order valence-corrected chi connectivity index (χ3v) is 7.37. The van der Waals surface area contributed by atoms with Crippen molar-refractivity contribution in [3.05, 3.63) is 125 Å². The maximum absolute atomic E-state index is 14.3. The highest BCUT2D eigenvalue weighted by atomic mass is 19.1. The third kappa shape index (κ3) is 5.25. The Hall–Kier alpha value is -4.19. The molecule has 1 heterocycles. The van der Waals surface area contributed by atoms with Gasteiger partial charge in [-0.05, 0) is 53.3 Å². The number of Topliss-reactive ketones (excluding diaryl/α,β-unsaturated/α-hetero) is 1. The minimum atomic E-state index is -0.854. The topological polar surface area (TPSA) is 64.6 Å². The molecular weight excluding hydrogens is 481 g/mol. The molecule has 3 unspecified atom stereocenters. The van der Waals surface area contributed by atoms with Gasteiger partial charge in [-0.25, -0.2) is 4.39 Å². The molecule has 0 saturated carbocycles. The number of carbonyl (C=O) groups is 2. The van der Waals surface area contributed by atoms with Gasteiger partial charge in [0, 0.05) is 35.7 Å². The van der Waals surface area contributed by atoms with E-state index < -0.39 is 23.6 Å². The Morgan fingerprint density at radius 2 is 1.76 bits per heavy atom. The monoisotopic (exact) mass is 511 g/mol. The highest BCUT2D eigenvalue weighted by Gasteiger charge is 2.45. The molecule has 3 aromatic rings. The number of nitrogens with one attached hydrogen (secondary N) is 1. The second-order valence-electron chi connectivity index (χ2n) is 9.76. The summed E-state index contributed by atoms with van der Waals surface area (Å²) >= 11 is 0. The van der Waals surface area contributed by atoms with Crippen LogP contribution in [0.2, 0.25) is 0 Å². The molecule has 6 heteroatoms. The van der Waals surface area contributed by atoms with Gasteiger partial charge in [-0.1, -0.05) is 61.2 Å². The lowest BCUT2D eigenvalue weighted by Crippen LogP contribution is -2.42. The average molecular weight is 512 g/mol. The quantitative estimate of drug-likeness (QED) is 0.404. The lowest BCUT2D eigenvalue weighted by atomic mass is 9.69. The van der Waals surface area contributed by atoms with Crippen molar-refractivity contribution in [1.82, 2.24) is 5.32 Å². The van der Waals surface area contributed by atoms with Crippen LogP contribution in [-0.2, 0) is 20.7 Å². The van der Waals surface area contributed by atoms with Crippen LogP contribution in [0.3, 0.4) is 0 Å². The van der Waals surface area contributed by atoms with E-state index in [1.165, 1.54) is 12.1 Å². The van der Waals surface area contributed by atoms with Crippen molar-refractivity contribution in [3.8, 4) is 5.75 Å². The number of esters is 1. The standard InChI is InChI=1S/C32H30FNO4/c1-20-29(32(36)38-16-15-21-7-4-3-5-8-21)30(23-9-6-10-25(33)17-23)31-27(34-20)18-24(19-28(31)35)22-11-13-26(37-2)14-12-22/h3-14,17,24,29-30,34H,1,15-16,18-19H2,2H3. The Balaban J connectivity index is 1.45. The molecule has 1 N–H and O–H groups in total. The lowest BCUT2D eigenvalue weighted by molar-refractivity contribution is -0.147. The summed E-state index contributed by atoms with van der Waals surface area (Å²) in [5, 5.41) is 3.27. The molecule has 0 spiro atoms. The fourth-order valence-electron chi connectivity index (χ4n) is 5.50. The van der Waals surface area contributed by atoms with Crippen LogP contribution in [0.4, 0.5) is 4.39 Å². The van der Waals surface area contributed by atoms with E-state index in [1.807, 2.05) is 54.6 Å². The molecule has 38 heavy (non-hydrogen) atoms. The van der Waals surface area contributed by atoms with E-state index in [0.29, 0.717) is 36.1 Å². The Labute approximate surface area is 222 Å². The maximum atomic E-state index is 14.3. The van der Waals surface area contributed by atoms with Gasteiger partial charge >= 0.3 is 5.97 Å². The minimum absolute atomic E-state index is 0.0324. The first-order chi connectivity index (χ1) is 18.4. The molecule has 5 rings (SSSR count). The zero-order valence-electron chi connectivity index (χ0n) is 21.3.